The molecule has 2 aliphatic rings. The molecule has 0 spiro atoms. The van der Waals surface area contributed by atoms with Crippen LogP contribution in [0.2, 0.25) is 0 Å². The fraction of sp³-hybridized carbons (Fsp3) is 0.455. The molecule has 1 aliphatic carbocycles. The Balaban J connectivity index is 1.56. The largest absolute Gasteiger partial charge is 0.443 e. The monoisotopic (exact) mass is 383 g/mol. The van der Waals surface area contributed by atoms with Gasteiger partial charge in [0.25, 0.3) is 5.91 Å². The molecule has 4 nitrogen and oxygen atoms in total. The Labute approximate surface area is 164 Å². The first kappa shape index (κ1) is 18.2. The van der Waals surface area contributed by atoms with Crippen molar-refractivity contribution in [1.29, 1.82) is 0 Å². The average molecular weight is 384 g/mol. The van der Waals surface area contributed by atoms with Crippen molar-refractivity contribution in [3.8, 4) is 0 Å². The van der Waals surface area contributed by atoms with Crippen LogP contribution in [0, 0.1) is 5.92 Å². The maximum Gasteiger partial charge on any atom is 0.349 e. The van der Waals surface area contributed by atoms with Gasteiger partial charge in [-0.1, -0.05) is 37.3 Å². The van der Waals surface area contributed by atoms with Crippen LogP contribution >= 0.6 is 11.3 Å². The van der Waals surface area contributed by atoms with Crippen molar-refractivity contribution in [1.82, 2.24) is 4.90 Å². The number of benzene rings is 1. The van der Waals surface area contributed by atoms with Crippen LogP contribution in [0.3, 0.4) is 0 Å². The number of likely N-dealkylation sites (tertiary alicyclic amines) is 1. The lowest BCUT2D eigenvalue weighted by molar-refractivity contribution is -0.140. The van der Waals surface area contributed by atoms with Crippen molar-refractivity contribution in [2.75, 3.05) is 13.1 Å². The molecule has 4 rings (SSSR count). The van der Waals surface area contributed by atoms with Crippen LogP contribution in [0.15, 0.2) is 36.4 Å². The van der Waals surface area contributed by atoms with Crippen molar-refractivity contribution >= 4 is 23.2 Å². The van der Waals surface area contributed by atoms with Gasteiger partial charge in [0.05, 0.1) is 0 Å². The van der Waals surface area contributed by atoms with E-state index in [1.54, 1.807) is 0 Å². The second-order valence-electron chi connectivity index (χ2n) is 7.64. The van der Waals surface area contributed by atoms with Crippen molar-refractivity contribution < 1.29 is 14.3 Å². The number of amides is 1. The highest BCUT2D eigenvalue weighted by molar-refractivity contribution is 7.14. The maximum absolute atomic E-state index is 13.0. The van der Waals surface area contributed by atoms with E-state index in [0.29, 0.717) is 10.8 Å². The minimum absolute atomic E-state index is 0.109. The minimum atomic E-state index is -0.866. The van der Waals surface area contributed by atoms with Crippen LogP contribution in [0.4, 0.5) is 0 Å². The summed E-state index contributed by atoms with van der Waals surface area (Å²) < 4.78 is 5.78. The lowest BCUT2D eigenvalue weighted by atomic mass is 9.90. The summed E-state index contributed by atoms with van der Waals surface area (Å²) in [4.78, 5) is 29.6. The second kappa shape index (κ2) is 7.85. The van der Waals surface area contributed by atoms with E-state index in [1.165, 1.54) is 28.2 Å². The van der Waals surface area contributed by atoms with Gasteiger partial charge in [-0.25, -0.2) is 4.79 Å². The highest BCUT2D eigenvalue weighted by Gasteiger charge is 2.32. The first-order chi connectivity index (χ1) is 13.1. The molecular formula is C22H25NO3S. The molecule has 0 N–H and O–H groups in total. The van der Waals surface area contributed by atoms with E-state index in [0.717, 1.165) is 44.3 Å². The minimum Gasteiger partial charge on any atom is -0.443 e. The number of hydrogen-bond acceptors (Lipinski definition) is 4. The van der Waals surface area contributed by atoms with Gasteiger partial charge in [-0.15, -0.1) is 11.3 Å². The number of esters is 1. The number of carbonyl (C=O) groups excluding carboxylic acids is 2. The van der Waals surface area contributed by atoms with Crippen LogP contribution in [-0.4, -0.2) is 29.9 Å². The molecule has 27 heavy (non-hydrogen) atoms. The summed E-state index contributed by atoms with van der Waals surface area (Å²) in [6.07, 6.45) is 4.38. The van der Waals surface area contributed by atoms with Gasteiger partial charge in [0.1, 0.15) is 4.88 Å². The summed E-state index contributed by atoms with van der Waals surface area (Å²) in [6.45, 7) is 3.73. The fourth-order valence-electron chi connectivity index (χ4n) is 3.96. The molecule has 1 aromatic carbocycles. The van der Waals surface area contributed by atoms with Gasteiger partial charge in [0.15, 0.2) is 0 Å². The van der Waals surface area contributed by atoms with Gasteiger partial charge >= 0.3 is 5.97 Å². The third-order valence-electron chi connectivity index (χ3n) is 5.50. The number of fused-ring (bicyclic) bond motifs is 1. The highest BCUT2D eigenvalue weighted by Crippen LogP contribution is 2.33. The zero-order valence-corrected chi connectivity index (χ0v) is 16.5. The Hall–Kier alpha value is -2.14. The van der Waals surface area contributed by atoms with Crippen molar-refractivity contribution in [2.24, 2.45) is 5.92 Å². The summed E-state index contributed by atoms with van der Waals surface area (Å²) >= 11 is 1.53. The van der Waals surface area contributed by atoms with Crippen LogP contribution in [0.5, 0.6) is 0 Å². The lowest BCUT2D eigenvalue weighted by Gasteiger charge is -2.23. The van der Waals surface area contributed by atoms with Gasteiger partial charge in [0.2, 0.25) is 6.10 Å². The van der Waals surface area contributed by atoms with E-state index in [9.17, 15) is 9.59 Å². The predicted molar refractivity (Wildman–Crippen MR) is 106 cm³/mol. The van der Waals surface area contributed by atoms with Crippen LogP contribution in [-0.2, 0) is 22.4 Å². The number of carbonyl (C=O) groups is 2. The second-order valence-corrected chi connectivity index (χ2v) is 8.77. The number of ether oxygens (including phenoxy) is 1. The smallest absolute Gasteiger partial charge is 0.349 e. The van der Waals surface area contributed by atoms with Crippen LogP contribution in [0.1, 0.15) is 58.0 Å². The zero-order chi connectivity index (χ0) is 18.8. The molecule has 1 saturated heterocycles. The molecule has 1 aromatic heterocycles. The average Bonchev–Trinajstić information content (AvgIpc) is 3.35. The van der Waals surface area contributed by atoms with E-state index in [2.05, 4.69) is 6.92 Å². The number of hydrogen-bond donors (Lipinski definition) is 0. The molecule has 142 valence electrons. The van der Waals surface area contributed by atoms with Crippen LogP contribution in [0.25, 0.3) is 0 Å². The van der Waals surface area contributed by atoms with Crippen molar-refractivity contribution in [2.45, 2.75) is 45.1 Å². The predicted octanol–water partition coefficient (Wildman–Crippen LogP) is 4.39. The van der Waals surface area contributed by atoms with Gasteiger partial charge in [-0.3, -0.25) is 4.79 Å². The molecule has 2 atom stereocenters. The molecule has 2 heterocycles. The summed E-state index contributed by atoms with van der Waals surface area (Å²) in [7, 11) is 0. The van der Waals surface area contributed by atoms with Gasteiger partial charge in [0, 0.05) is 23.5 Å². The van der Waals surface area contributed by atoms with Gasteiger partial charge < -0.3 is 9.64 Å². The molecule has 0 radical (unpaired) electrons. The highest BCUT2D eigenvalue weighted by atomic mass is 32.1. The van der Waals surface area contributed by atoms with Gasteiger partial charge in [-0.2, -0.15) is 0 Å². The SMILES string of the molecule is C[C@H]1CCc2sc(C(=O)O[C@@H](C(=O)N3CCCC3)c3ccccc3)cc2C1. The van der Waals surface area contributed by atoms with E-state index in [-0.39, 0.29) is 11.9 Å². The molecule has 2 aromatic rings. The number of rotatable bonds is 4. The zero-order valence-electron chi connectivity index (χ0n) is 15.6. The summed E-state index contributed by atoms with van der Waals surface area (Å²) in [5.74, 6) is 0.162. The molecule has 1 amide bonds. The summed E-state index contributed by atoms with van der Waals surface area (Å²) in [5, 5.41) is 0. The van der Waals surface area contributed by atoms with E-state index < -0.39 is 6.10 Å². The number of nitrogens with zero attached hydrogens (tertiary/aromatic N) is 1. The van der Waals surface area contributed by atoms with Gasteiger partial charge in [-0.05, 0) is 49.7 Å². The molecule has 0 bridgehead atoms. The molecule has 1 aliphatic heterocycles. The van der Waals surface area contributed by atoms with Crippen molar-refractivity contribution in [3.05, 3.63) is 57.3 Å². The van der Waals surface area contributed by atoms with E-state index in [1.807, 2.05) is 41.3 Å². The van der Waals surface area contributed by atoms with Crippen LogP contribution < -0.4 is 0 Å². The quantitative estimate of drug-likeness (QED) is 0.736. The molecule has 0 saturated carbocycles. The molecule has 5 heteroatoms. The topological polar surface area (TPSA) is 46.6 Å². The first-order valence-electron chi connectivity index (χ1n) is 9.78. The normalized spacial score (nSPS) is 20.2. The fourth-order valence-corrected chi connectivity index (χ4v) is 5.06. The lowest BCUT2D eigenvalue weighted by Crippen LogP contribution is -2.34. The molecular weight excluding hydrogens is 358 g/mol. The summed E-state index contributed by atoms with van der Waals surface area (Å²) in [6, 6.07) is 11.3. The molecule has 0 unspecified atom stereocenters. The number of aryl methyl sites for hydroxylation is 1. The van der Waals surface area contributed by atoms with Crippen molar-refractivity contribution in [3.63, 3.8) is 0 Å². The third kappa shape index (κ3) is 3.93. The van der Waals surface area contributed by atoms with E-state index >= 15 is 0 Å². The Morgan fingerprint density at radius 3 is 2.67 bits per heavy atom. The Morgan fingerprint density at radius 2 is 1.93 bits per heavy atom. The third-order valence-corrected chi connectivity index (χ3v) is 6.72. The maximum atomic E-state index is 13.0. The standard InChI is InChI=1S/C22H25NO3S/c1-15-9-10-18-17(13-15)14-19(27-18)22(25)26-20(16-7-3-2-4-8-16)21(24)23-11-5-6-12-23/h2-4,7-8,14-15,20H,5-6,9-13H2,1H3/t15-,20+/m0/s1. The summed E-state index contributed by atoms with van der Waals surface area (Å²) in [5.41, 5.74) is 2.01. The number of thiophene rings is 1. The Kier molecular flexibility index (Phi) is 5.30. The Bertz CT molecular complexity index is 823. The van der Waals surface area contributed by atoms with E-state index in [4.69, 9.17) is 4.74 Å². The first-order valence-corrected chi connectivity index (χ1v) is 10.6. The molecule has 1 fully saturated rings. The Morgan fingerprint density at radius 1 is 1.19 bits per heavy atom.